The van der Waals surface area contributed by atoms with Gasteiger partial charge in [0.05, 0.1) is 6.61 Å². The molecule has 3 nitrogen and oxygen atoms in total. The van der Waals surface area contributed by atoms with Crippen LogP contribution in [0.5, 0.6) is 5.75 Å². The number of benzene rings is 1. The van der Waals surface area contributed by atoms with Gasteiger partial charge in [-0.25, -0.2) is 0 Å². The number of nitrogens with two attached hydrogens (primary N) is 2. The lowest BCUT2D eigenvalue weighted by atomic mass is 9.92. The summed E-state index contributed by atoms with van der Waals surface area (Å²) in [6, 6.07) is 4.23. The third-order valence-electron chi connectivity index (χ3n) is 3.30. The molecule has 0 aliphatic carbocycles. The van der Waals surface area contributed by atoms with Crippen molar-refractivity contribution in [3.05, 3.63) is 28.8 Å². The van der Waals surface area contributed by atoms with Crippen LogP contribution in [-0.4, -0.2) is 19.7 Å². The maximum Gasteiger partial charge on any atom is 0.119 e. The van der Waals surface area contributed by atoms with Crippen LogP contribution in [0.15, 0.2) is 12.1 Å². The molecule has 0 spiro atoms. The summed E-state index contributed by atoms with van der Waals surface area (Å²) in [6.07, 6.45) is 1.99. The Balaban J connectivity index is 2.86. The molecule has 1 aromatic carbocycles. The lowest BCUT2D eigenvalue weighted by Gasteiger charge is -2.17. The van der Waals surface area contributed by atoms with E-state index in [0.29, 0.717) is 19.0 Å². The van der Waals surface area contributed by atoms with Gasteiger partial charge in [-0.15, -0.1) is 0 Å². The average molecular weight is 250 g/mol. The summed E-state index contributed by atoms with van der Waals surface area (Å²) < 4.78 is 5.68. The lowest BCUT2D eigenvalue weighted by Crippen LogP contribution is -2.25. The van der Waals surface area contributed by atoms with E-state index in [1.165, 1.54) is 16.7 Å². The Labute approximate surface area is 111 Å². The lowest BCUT2D eigenvalue weighted by molar-refractivity contribution is 0.317. The van der Waals surface area contributed by atoms with Crippen LogP contribution in [0.4, 0.5) is 0 Å². The zero-order chi connectivity index (χ0) is 13.5. The SMILES string of the molecule is CCCOc1cc(C)c(CC(CN)CN)c(C)c1. The first-order valence-electron chi connectivity index (χ1n) is 6.75. The molecule has 0 saturated carbocycles. The van der Waals surface area contributed by atoms with E-state index in [1.54, 1.807) is 0 Å². The summed E-state index contributed by atoms with van der Waals surface area (Å²) in [7, 11) is 0. The van der Waals surface area contributed by atoms with Crippen LogP contribution in [0.2, 0.25) is 0 Å². The Morgan fingerprint density at radius 2 is 1.67 bits per heavy atom. The summed E-state index contributed by atoms with van der Waals surface area (Å²) in [5.74, 6) is 1.33. The van der Waals surface area contributed by atoms with Gasteiger partial charge in [-0.1, -0.05) is 6.92 Å². The average Bonchev–Trinajstić information content (AvgIpc) is 2.36. The van der Waals surface area contributed by atoms with E-state index in [4.69, 9.17) is 16.2 Å². The zero-order valence-electron chi connectivity index (χ0n) is 11.8. The monoisotopic (exact) mass is 250 g/mol. The molecule has 0 radical (unpaired) electrons. The number of hydrogen-bond donors (Lipinski definition) is 2. The first kappa shape index (κ1) is 15.0. The van der Waals surface area contributed by atoms with E-state index in [1.807, 2.05) is 0 Å². The molecule has 0 fully saturated rings. The standard InChI is InChI=1S/C15H26N2O/c1-4-5-18-14-6-11(2)15(12(3)7-14)8-13(9-16)10-17/h6-7,13H,4-5,8-10,16-17H2,1-3H3. The Bertz CT molecular complexity index is 350. The van der Waals surface area contributed by atoms with Crippen molar-refractivity contribution in [2.45, 2.75) is 33.6 Å². The summed E-state index contributed by atoms with van der Waals surface area (Å²) in [6.45, 7) is 8.43. The molecule has 0 atom stereocenters. The Morgan fingerprint density at radius 1 is 1.11 bits per heavy atom. The molecule has 0 heterocycles. The minimum atomic E-state index is 0.366. The highest BCUT2D eigenvalue weighted by Crippen LogP contribution is 2.24. The highest BCUT2D eigenvalue weighted by molar-refractivity contribution is 5.41. The Morgan fingerprint density at radius 3 is 2.11 bits per heavy atom. The van der Waals surface area contributed by atoms with Crippen molar-refractivity contribution in [2.75, 3.05) is 19.7 Å². The van der Waals surface area contributed by atoms with Crippen molar-refractivity contribution in [2.24, 2.45) is 17.4 Å². The number of aryl methyl sites for hydroxylation is 2. The van der Waals surface area contributed by atoms with Crippen molar-refractivity contribution in [3.8, 4) is 5.75 Å². The molecule has 102 valence electrons. The molecule has 0 amide bonds. The topological polar surface area (TPSA) is 61.3 Å². The molecule has 4 N–H and O–H groups in total. The number of hydrogen-bond acceptors (Lipinski definition) is 3. The number of rotatable bonds is 7. The minimum absolute atomic E-state index is 0.366. The van der Waals surface area contributed by atoms with E-state index < -0.39 is 0 Å². The molecule has 18 heavy (non-hydrogen) atoms. The van der Waals surface area contributed by atoms with Crippen LogP contribution in [-0.2, 0) is 6.42 Å². The summed E-state index contributed by atoms with van der Waals surface area (Å²) in [4.78, 5) is 0. The fourth-order valence-electron chi connectivity index (χ4n) is 2.13. The van der Waals surface area contributed by atoms with Gasteiger partial charge in [0, 0.05) is 0 Å². The molecule has 0 unspecified atom stereocenters. The highest BCUT2D eigenvalue weighted by atomic mass is 16.5. The van der Waals surface area contributed by atoms with Crippen molar-refractivity contribution < 1.29 is 4.74 Å². The van der Waals surface area contributed by atoms with Crippen LogP contribution >= 0.6 is 0 Å². The Hall–Kier alpha value is -1.06. The normalized spacial score (nSPS) is 11.0. The fourth-order valence-corrected chi connectivity index (χ4v) is 2.13. The molecule has 0 aromatic heterocycles. The predicted molar refractivity (Wildman–Crippen MR) is 77.0 cm³/mol. The molecular formula is C15H26N2O. The smallest absolute Gasteiger partial charge is 0.119 e. The van der Waals surface area contributed by atoms with Gasteiger partial charge in [0.15, 0.2) is 0 Å². The first-order chi connectivity index (χ1) is 8.62. The van der Waals surface area contributed by atoms with Gasteiger partial charge in [0.25, 0.3) is 0 Å². The van der Waals surface area contributed by atoms with Crippen molar-refractivity contribution in [1.29, 1.82) is 0 Å². The maximum atomic E-state index is 5.72. The molecular weight excluding hydrogens is 224 g/mol. The predicted octanol–water partition coefficient (Wildman–Crippen LogP) is 2.17. The van der Waals surface area contributed by atoms with Crippen molar-refractivity contribution >= 4 is 0 Å². The first-order valence-corrected chi connectivity index (χ1v) is 6.75. The van der Waals surface area contributed by atoms with E-state index >= 15 is 0 Å². The quantitative estimate of drug-likeness (QED) is 0.779. The molecule has 0 aliphatic rings. The molecule has 1 aromatic rings. The van der Waals surface area contributed by atoms with Gasteiger partial charge in [0.1, 0.15) is 5.75 Å². The van der Waals surface area contributed by atoms with Crippen LogP contribution in [0, 0.1) is 19.8 Å². The maximum absolute atomic E-state index is 5.72. The van der Waals surface area contributed by atoms with Gasteiger partial charge in [-0.05, 0) is 74.5 Å². The summed E-state index contributed by atoms with van der Waals surface area (Å²) >= 11 is 0. The van der Waals surface area contributed by atoms with E-state index in [2.05, 4.69) is 32.9 Å². The third kappa shape index (κ3) is 4.00. The second kappa shape index (κ2) is 7.39. The van der Waals surface area contributed by atoms with Crippen LogP contribution in [0.1, 0.15) is 30.0 Å². The van der Waals surface area contributed by atoms with E-state index in [9.17, 15) is 0 Å². The largest absolute Gasteiger partial charge is 0.494 e. The van der Waals surface area contributed by atoms with Gasteiger partial charge < -0.3 is 16.2 Å². The summed E-state index contributed by atoms with van der Waals surface area (Å²) in [5.41, 5.74) is 15.3. The summed E-state index contributed by atoms with van der Waals surface area (Å²) in [5, 5.41) is 0. The number of ether oxygens (including phenoxy) is 1. The van der Waals surface area contributed by atoms with Gasteiger partial charge >= 0.3 is 0 Å². The van der Waals surface area contributed by atoms with Crippen LogP contribution < -0.4 is 16.2 Å². The van der Waals surface area contributed by atoms with Crippen LogP contribution in [0.25, 0.3) is 0 Å². The molecule has 0 bridgehead atoms. The minimum Gasteiger partial charge on any atom is -0.494 e. The van der Waals surface area contributed by atoms with Crippen LogP contribution in [0.3, 0.4) is 0 Å². The molecule has 1 rings (SSSR count). The van der Waals surface area contributed by atoms with Gasteiger partial charge in [-0.2, -0.15) is 0 Å². The van der Waals surface area contributed by atoms with E-state index in [0.717, 1.165) is 25.2 Å². The molecule has 0 saturated heterocycles. The molecule has 0 aliphatic heterocycles. The fraction of sp³-hybridized carbons (Fsp3) is 0.600. The van der Waals surface area contributed by atoms with Gasteiger partial charge in [0.2, 0.25) is 0 Å². The van der Waals surface area contributed by atoms with Crippen molar-refractivity contribution in [3.63, 3.8) is 0 Å². The third-order valence-corrected chi connectivity index (χ3v) is 3.30. The van der Waals surface area contributed by atoms with Gasteiger partial charge in [-0.3, -0.25) is 0 Å². The zero-order valence-corrected chi connectivity index (χ0v) is 11.8. The molecule has 3 heteroatoms. The van der Waals surface area contributed by atoms with Crippen molar-refractivity contribution in [1.82, 2.24) is 0 Å². The Kier molecular flexibility index (Phi) is 6.16. The highest BCUT2D eigenvalue weighted by Gasteiger charge is 2.11. The second-order valence-corrected chi connectivity index (χ2v) is 4.93. The van der Waals surface area contributed by atoms with E-state index in [-0.39, 0.29) is 0 Å². The second-order valence-electron chi connectivity index (χ2n) is 4.93.